The monoisotopic (exact) mass is 355 g/mol. The summed E-state index contributed by atoms with van der Waals surface area (Å²) in [5, 5.41) is 8.28. The zero-order valence-electron chi connectivity index (χ0n) is 15.4. The van der Waals surface area contributed by atoms with Crippen molar-refractivity contribution in [2.75, 3.05) is 13.6 Å². The van der Waals surface area contributed by atoms with E-state index in [1.54, 1.807) is 4.68 Å². The predicted octanol–water partition coefficient (Wildman–Crippen LogP) is 1.82. The lowest BCUT2D eigenvalue weighted by molar-refractivity contribution is -0.141. The summed E-state index contributed by atoms with van der Waals surface area (Å²) in [5.41, 5.74) is 1.38. The average Bonchev–Trinajstić information content (AvgIpc) is 3.19. The number of hydrogen-bond donors (Lipinski definition) is 0. The van der Waals surface area contributed by atoms with E-state index in [1.165, 1.54) is 0 Å². The molecule has 0 radical (unpaired) electrons. The van der Waals surface area contributed by atoms with Gasteiger partial charge < -0.3 is 9.80 Å². The third-order valence-corrected chi connectivity index (χ3v) is 6.24. The van der Waals surface area contributed by atoms with Gasteiger partial charge in [-0.15, -0.1) is 5.10 Å². The number of nitrogens with zero attached hydrogens (tertiary/aromatic N) is 5. The van der Waals surface area contributed by atoms with Crippen LogP contribution in [0.4, 0.5) is 0 Å². The summed E-state index contributed by atoms with van der Waals surface area (Å²) in [6, 6.07) is 7.73. The first kappa shape index (κ1) is 17.0. The Balaban J connectivity index is 1.57. The molecule has 2 aliphatic heterocycles. The Kier molecular flexibility index (Phi) is 4.17. The van der Waals surface area contributed by atoms with Crippen LogP contribution in [-0.4, -0.2) is 61.8 Å². The van der Waals surface area contributed by atoms with Crippen LogP contribution in [0.15, 0.2) is 24.3 Å². The molecule has 1 aromatic heterocycles. The highest BCUT2D eigenvalue weighted by atomic mass is 16.2. The molecule has 0 bridgehead atoms. The van der Waals surface area contributed by atoms with Gasteiger partial charge in [-0.25, -0.2) is 4.68 Å². The van der Waals surface area contributed by atoms with Crippen LogP contribution in [0.5, 0.6) is 0 Å². The third kappa shape index (κ3) is 2.66. The van der Waals surface area contributed by atoms with Crippen molar-refractivity contribution in [2.45, 2.75) is 57.2 Å². The summed E-state index contributed by atoms with van der Waals surface area (Å²) in [4.78, 5) is 29.3. The van der Waals surface area contributed by atoms with E-state index < -0.39 is 0 Å². The smallest absolute Gasteiger partial charge is 0.244 e. The molecule has 26 heavy (non-hydrogen) atoms. The van der Waals surface area contributed by atoms with Gasteiger partial charge in [-0.1, -0.05) is 23.8 Å². The number of benzene rings is 1. The van der Waals surface area contributed by atoms with Gasteiger partial charge in [-0.3, -0.25) is 9.59 Å². The van der Waals surface area contributed by atoms with Gasteiger partial charge in [0.1, 0.15) is 12.1 Å². The molecule has 2 saturated heterocycles. The number of rotatable bonds is 2. The Morgan fingerprint density at radius 1 is 1.31 bits per heavy atom. The molecule has 0 unspecified atom stereocenters. The first-order chi connectivity index (χ1) is 12.5. The lowest BCUT2D eigenvalue weighted by atomic mass is 9.85. The fourth-order valence-corrected chi connectivity index (χ4v) is 4.48. The van der Waals surface area contributed by atoms with Crippen LogP contribution in [0, 0.1) is 0 Å². The van der Waals surface area contributed by atoms with Gasteiger partial charge in [0.05, 0.1) is 17.1 Å². The maximum Gasteiger partial charge on any atom is 0.244 e. The van der Waals surface area contributed by atoms with Crippen LogP contribution in [0.3, 0.4) is 0 Å². The van der Waals surface area contributed by atoms with Gasteiger partial charge in [0.2, 0.25) is 11.8 Å². The van der Waals surface area contributed by atoms with Crippen molar-refractivity contribution in [3.8, 4) is 0 Å². The van der Waals surface area contributed by atoms with Crippen molar-refractivity contribution in [3.05, 3.63) is 24.3 Å². The molecule has 0 aliphatic carbocycles. The molecule has 0 saturated carbocycles. The minimum absolute atomic E-state index is 0.0517. The van der Waals surface area contributed by atoms with Crippen LogP contribution in [0.1, 0.15) is 39.0 Å². The summed E-state index contributed by atoms with van der Waals surface area (Å²) in [6.07, 6.45) is 4.25. The van der Waals surface area contributed by atoms with E-state index >= 15 is 0 Å². The van der Waals surface area contributed by atoms with E-state index in [4.69, 9.17) is 0 Å². The molecular weight excluding hydrogens is 330 g/mol. The predicted molar refractivity (Wildman–Crippen MR) is 97.3 cm³/mol. The number of hydrogen-bond acceptors (Lipinski definition) is 4. The second kappa shape index (κ2) is 6.37. The molecule has 2 amide bonds. The SMILES string of the molecule is CN1C(=O)CCCC[C@H]2N(C(=O)Cn3nnc4ccccc43)CC[C@]21C. The molecule has 1 aromatic carbocycles. The van der Waals surface area contributed by atoms with Crippen LogP contribution >= 0.6 is 0 Å². The second-order valence-electron chi connectivity index (χ2n) is 7.64. The highest BCUT2D eigenvalue weighted by molar-refractivity contribution is 5.81. The summed E-state index contributed by atoms with van der Waals surface area (Å²) >= 11 is 0. The molecule has 4 rings (SSSR count). The van der Waals surface area contributed by atoms with Crippen LogP contribution in [0.25, 0.3) is 11.0 Å². The quantitative estimate of drug-likeness (QED) is 0.824. The van der Waals surface area contributed by atoms with Crippen molar-refractivity contribution < 1.29 is 9.59 Å². The number of amides is 2. The Hall–Kier alpha value is -2.44. The summed E-state index contributed by atoms with van der Waals surface area (Å²) in [6.45, 7) is 2.99. The van der Waals surface area contributed by atoms with Gasteiger partial charge in [0.25, 0.3) is 0 Å². The van der Waals surface area contributed by atoms with Gasteiger partial charge in [0.15, 0.2) is 0 Å². The highest BCUT2D eigenvalue weighted by Gasteiger charge is 2.49. The number of carbonyl (C=O) groups excluding carboxylic acids is 2. The minimum atomic E-state index is -0.280. The first-order valence-corrected chi connectivity index (χ1v) is 9.35. The standard InChI is InChI=1S/C19H25N5O2/c1-19-11-12-23(16(19)9-5-6-10-17(25)22(19)2)18(26)13-24-15-8-4-3-7-14(15)20-21-24/h3-4,7-8,16H,5-6,9-13H2,1-2H3/t16-,19-/m1/s1. The van der Waals surface area contributed by atoms with Crippen LogP contribution < -0.4 is 0 Å². The second-order valence-corrected chi connectivity index (χ2v) is 7.64. The Morgan fingerprint density at radius 3 is 2.96 bits per heavy atom. The summed E-state index contributed by atoms with van der Waals surface area (Å²) in [7, 11) is 1.89. The van der Waals surface area contributed by atoms with E-state index in [0.29, 0.717) is 13.0 Å². The van der Waals surface area contributed by atoms with Gasteiger partial charge >= 0.3 is 0 Å². The lowest BCUT2D eigenvalue weighted by Crippen LogP contribution is -2.57. The molecule has 0 N–H and O–H groups in total. The molecule has 138 valence electrons. The molecule has 2 fully saturated rings. The largest absolute Gasteiger partial charge is 0.338 e. The fourth-order valence-electron chi connectivity index (χ4n) is 4.48. The maximum absolute atomic E-state index is 13.1. The normalized spacial score (nSPS) is 26.7. The molecule has 0 spiro atoms. The summed E-state index contributed by atoms with van der Waals surface area (Å²) < 4.78 is 1.67. The van der Waals surface area contributed by atoms with E-state index in [0.717, 1.165) is 36.7 Å². The number of likely N-dealkylation sites (N-methyl/N-ethyl adjacent to an activating group) is 1. The number of para-hydroxylation sites is 1. The Bertz CT molecular complexity index is 847. The Morgan fingerprint density at radius 2 is 2.12 bits per heavy atom. The van der Waals surface area contributed by atoms with Crippen molar-refractivity contribution in [1.82, 2.24) is 24.8 Å². The van der Waals surface area contributed by atoms with Crippen molar-refractivity contribution >= 4 is 22.8 Å². The van der Waals surface area contributed by atoms with Crippen molar-refractivity contribution in [1.29, 1.82) is 0 Å². The molecule has 2 atom stereocenters. The molecule has 3 heterocycles. The minimum Gasteiger partial charge on any atom is -0.338 e. The number of carbonyl (C=O) groups is 2. The molecule has 2 aliphatic rings. The van der Waals surface area contributed by atoms with E-state index in [2.05, 4.69) is 17.2 Å². The van der Waals surface area contributed by atoms with Gasteiger partial charge in [-0.2, -0.15) is 0 Å². The molecular formula is C19H25N5O2. The Labute approximate surface area is 152 Å². The number of aromatic nitrogens is 3. The first-order valence-electron chi connectivity index (χ1n) is 9.35. The van der Waals surface area contributed by atoms with E-state index in [1.807, 2.05) is 41.1 Å². The zero-order valence-corrected chi connectivity index (χ0v) is 15.4. The van der Waals surface area contributed by atoms with Crippen molar-refractivity contribution in [2.24, 2.45) is 0 Å². The van der Waals surface area contributed by atoms with Crippen LogP contribution in [0.2, 0.25) is 0 Å². The lowest BCUT2D eigenvalue weighted by Gasteiger charge is -2.43. The molecule has 7 heteroatoms. The van der Waals surface area contributed by atoms with Gasteiger partial charge in [0, 0.05) is 20.0 Å². The average molecular weight is 355 g/mol. The molecule has 7 nitrogen and oxygen atoms in total. The number of likely N-dealkylation sites (tertiary alicyclic amines) is 2. The molecule has 2 aromatic rings. The van der Waals surface area contributed by atoms with E-state index in [9.17, 15) is 9.59 Å². The van der Waals surface area contributed by atoms with Crippen LogP contribution in [-0.2, 0) is 16.1 Å². The van der Waals surface area contributed by atoms with Crippen molar-refractivity contribution in [3.63, 3.8) is 0 Å². The zero-order chi connectivity index (χ0) is 18.3. The number of fused-ring (bicyclic) bond motifs is 2. The highest BCUT2D eigenvalue weighted by Crippen LogP contribution is 2.38. The summed E-state index contributed by atoms with van der Waals surface area (Å²) in [5.74, 6) is 0.240. The van der Waals surface area contributed by atoms with E-state index in [-0.39, 0.29) is 29.9 Å². The maximum atomic E-state index is 13.1. The topological polar surface area (TPSA) is 71.3 Å². The van der Waals surface area contributed by atoms with Gasteiger partial charge in [-0.05, 0) is 38.3 Å². The third-order valence-electron chi connectivity index (χ3n) is 6.24. The fraction of sp³-hybridized carbons (Fsp3) is 0.579.